The molecular weight excluding hydrogens is 234 g/mol. The molecule has 0 radical (unpaired) electrons. The molecule has 1 heterocycles. The van der Waals surface area contributed by atoms with Crippen LogP contribution in [-0.4, -0.2) is 15.9 Å². The van der Waals surface area contributed by atoms with Gasteiger partial charge < -0.3 is 11.1 Å². The Hall–Kier alpha value is -1.49. The van der Waals surface area contributed by atoms with Gasteiger partial charge in [0, 0.05) is 18.1 Å². The van der Waals surface area contributed by atoms with Crippen LogP contribution in [0.5, 0.6) is 0 Å². The lowest BCUT2D eigenvalue weighted by atomic mass is 9.85. The predicted octanol–water partition coefficient (Wildman–Crippen LogP) is 1.87. The minimum atomic E-state index is -0.654. The van der Waals surface area contributed by atoms with Crippen LogP contribution in [0.1, 0.15) is 25.7 Å². The monoisotopic (exact) mass is 249 g/mol. The van der Waals surface area contributed by atoms with Gasteiger partial charge in [-0.1, -0.05) is 25.1 Å². The van der Waals surface area contributed by atoms with E-state index in [-0.39, 0.29) is 5.91 Å². The van der Waals surface area contributed by atoms with Gasteiger partial charge in [-0.2, -0.15) is 0 Å². The number of thiocarbonyl (C=S) groups is 1. The standard InChI is InChI=1S/C12H15N3OS/c13-10(17)12(5-1-2-6-12)11(16)15-9-3-7-14-8-4-9/h3-4,7-8H,1-2,5-6H2,(H2,13,17)(H,14,15,16). The largest absolute Gasteiger partial charge is 0.392 e. The lowest BCUT2D eigenvalue weighted by Gasteiger charge is -2.26. The van der Waals surface area contributed by atoms with E-state index in [0.717, 1.165) is 31.4 Å². The highest BCUT2D eigenvalue weighted by Crippen LogP contribution is 2.39. The minimum absolute atomic E-state index is 0.0892. The summed E-state index contributed by atoms with van der Waals surface area (Å²) in [6, 6.07) is 3.50. The van der Waals surface area contributed by atoms with Crippen LogP contribution in [0.3, 0.4) is 0 Å². The number of carbonyl (C=O) groups is 1. The number of carbonyl (C=O) groups excluding carboxylic acids is 1. The van der Waals surface area contributed by atoms with Crippen LogP contribution < -0.4 is 11.1 Å². The summed E-state index contributed by atoms with van der Waals surface area (Å²) in [6.45, 7) is 0. The van der Waals surface area contributed by atoms with Crippen LogP contribution in [0.15, 0.2) is 24.5 Å². The van der Waals surface area contributed by atoms with Gasteiger partial charge in [-0.25, -0.2) is 0 Å². The highest BCUT2D eigenvalue weighted by Gasteiger charge is 2.43. The van der Waals surface area contributed by atoms with Crippen molar-refractivity contribution in [3.05, 3.63) is 24.5 Å². The average Bonchev–Trinajstić information content (AvgIpc) is 2.80. The molecule has 1 aliphatic rings. The Labute approximate surface area is 106 Å². The SMILES string of the molecule is NC(=S)C1(C(=O)Nc2ccncc2)CCCC1. The maximum Gasteiger partial charge on any atom is 0.237 e. The van der Waals surface area contributed by atoms with Gasteiger partial charge in [0.15, 0.2) is 0 Å². The van der Waals surface area contributed by atoms with Gasteiger partial charge in [0.05, 0.1) is 10.4 Å². The molecule has 0 unspecified atom stereocenters. The number of rotatable bonds is 3. The van der Waals surface area contributed by atoms with Crippen molar-refractivity contribution in [3.63, 3.8) is 0 Å². The highest BCUT2D eigenvalue weighted by atomic mass is 32.1. The van der Waals surface area contributed by atoms with Gasteiger partial charge >= 0.3 is 0 Å². The molecule has 1 fully saturated rings. The first kappa shape index (κ1) is 12.0. The summed E-state index contributed by atoms with van der Waals surface area (Å²) in [4.78, 5) is 16.5. The van der Waals surface area contributed by atoms with Crippen LogP contribution in [0, 0.1) is 5.41 Å². The molecule has 90 valence electrons. The second-order valence-corrected chi connectivity index (χ2v) is 4.78. The van der Waals surface area contributed by atoms with E-state index in [1.807, 2.05) is 0 Å². The van der Waals surface area contributed by atoms with Gasteiger partial charge in [-0.15, -0.1) is 0 Å². The first-order valence-corrected chi connectivity index (χ1v) is 6.07. The molecule has 1 aliphatic carbocycles. The third-order valence-electron chi connectivity index (χ3n) is 3.30. The molecule has 0 spiro atoms. The summed E-state index contributed by atoms with van der Waals surface area (Å²) in [5, 5.41) is 2.86. The molecule has 3 N–H and O–H groups in total. The Kier molecular flexibility index (Phi) is 3.38. The predicted molar refractivity (Wildman–Crippen MR) is 70.6 cm³/mol. The molecule has 17 heavy (non-hydrogen) atoms. The van der Waals surface area contributed by atoms with Crippen LogP contribution in [-0.2, 0) is 4.79 Å². The molecule has 1 saturated carbocycles. The summed E-state index contributed by atoms with van der Waals surface area (Å²) >= 11 is 5.06. The van der Waals surface area contributed by atoms with Crippen molar-refractivity contribution < 1.29 is 4.79 Å². The fraction of sp³-hybridized carbons (Fsp3) is 0.417. The van der Waals surface area contributed by atoms with E-state index in [1.165, 1.54) is 0 Å². The van der Waals surface area contributed by atoms with Crippen molar-refractivity contribution in [1.29, 1.82) is 0 Å². The van der Waals surface area contributed by atoms with E-state index < -0.39 is 5.41 Å². The number of amides is 1. The molecule has 0 saturated heterocycles. The topological polar surface area (TPSA) is 68.0 Å². The maximum absolute atomic E-state index is 12.3. The average molecular weight is 249 g/mol. The van der Waals surface area contributed by atoms with Crippen LogP contribution in [0.4, 0.5) is 5.69 Å². The summed E-state index contributed by atoms with van der Waals surface area (Å²) in [5.74, 6) is -0.0892. The van der Waals surface area contributed by atoms with Gasteiger partial charge in [0.25, 0.3) is 0 Å². The second-order valence-electron chi connectivity index (χ2n) is 4.34. The Bertz CT molecular complexity index is 427. The molecule has 4 nitrogen and oxygen atoms in total. The Morgan fingerprint density at radius 3 is 2.47 bits per heavy atom. The first-order chi connectivity index (χ1) is 8.15. The molecule has 0 bridgehead atoms. The van der Waals surface area contributed by atoms with Crippen molar-refractivity contribution in [2.75, 3.05) is 5.32 Å². The molecular formula is C12H15N3OS. The van der Waals surface area contributed by atoms with E-state index in [0.29, 0.717) is 4.99 Å². The lowest BCUT2D eigenvalue weighted by molar-refractivity contribution is -0.122. The summed E-state index contributed by atoms with van der Waals surface area (Å²) in [5.41, 5.74) is 5.82. The second kappa shape index (κ2) is 4.79. The smallest absolute Gasteiger partial charge is 0.237 e. The number of nitrogens with one attached hydrogen (secondary N) is 1. The van der Waals surface area contributed by atoms with Gasteiger partial charge in [-0.05, 0) is 25.0 Å². The molecule has 5 heteroatoms. The van der Waals surface area contributed by atoms with Gasteiger partial charge in [0.2, 0.25) is 5.91 Å². The highest BCUT2D eigenvalue weighted by molar-refractivity contribution is 7.80. The fourth-order valence-electron chi connectivity index (χ4n) is 2.25. The maximum atomic E-state index is 12.3. The Balaban J connectivity index is 2.16. The van der Waals surface area contributed by atoms with E-state index in [2.05, 4.69) is 10.3 Å². The molecule has 0 atom stereocenters. The Morgan fingerprint density at radius 2 is 1.94 bits per heavy atom. The molecule has 1 amide bonds. The van der Waals surface area contributed by atoms with Crippen LogP contribution >= 0.6 is 12.2 Å². The zero-order valence-electron chi connectivity index (χ0n) is 9.48. The zero-order chi connectivity index (χ0) is 12.3. The number of aromatic nitrogens is 1. The Morgan fingerprint density at radius 1 is 1.35 bits per heavy atom. The molecule has 1 aromatic rings. The molecule has 0 aliphatic heterocycles. The number of hydrogen-bond donors (Lipinski definition) is 2. The zero-order valence-corrected chi connectivity index (χ0v) is 10.3. The van der Waals surface area contributed by atoms with Gasteiger partial charge in [-0.3, -0.25) is 9.78 Å². The van der Waals surface area contributed by atoms with Crippen molar-refractivity contribution in [2.24, 2.45) is 11.1 Å². The van der Waals surface area contributed by atoms with Crippen LogP contribution in [0.2, 0.25) is 0 Å². The fourth-order valence-corrected chi connectivity index (χ4v) is 2.55. The van der Waals surface area contributed by atoms with Gasteiger partial charge in [0.1, 0.15) is 0 Å². The number of hydrogen-bond acceptors (Lipinski definition) is 3. The number of nitrogens with zero attached hydrogens (tertiary/aromatic N) is 1. The molecule has 1 aromatic heterocycles. The lowest BCUT2D eigenvalue weighted by Crippen LogP contribution is -2.43. The van der Waals surface area contributed by atoms with Crippen molar-refractivity contribution in [2.45, 2.75) is 25.7 Å². The van der Waals surface area contributed by atoms with E-state index >= 15 is 0 Å². The summed E-state index contributed by atoms with van der Waals surface area (Å²) in [7, 11) is 0. The quantitative estimate of drug-likeness (QED) is 0.802. The third kappa shape index (κ3) is 2.29. The van der Waals surface area contributed by atoms with Crippen molar-refractivity contribution in [1.82, 2.24) is 4.98 Å². The van der Waals surface area contributed by atoms with E-state index in [1.54, 1.807) is 24.5 Å². The molecule has 2 rings (SSSR count). The molecule has 0 aromatic carbocycles. The first-order valence-electron chi connectivity index (χ1n) is 5.66. The summed E-state index contributed by atoms with van der Waals surface area (Å²) in [6.07, 6.45) is 6.77. The van der Waals surface area contributed by atoms with E-state index in [9.17, 15) is 4.79 Å². The number of pyridine rings is 1. The normalized spacial score (nSPS) is 17.6. The summed E-state index contributed by atoms with van der Waals surface area (Å²) < 4.78 is 0. The number of nitrogens with two attached hydrogens (primary N) is 1. The number of anilines is 1. The van der Waals surface area contributed by atoms with Crippen molar-refractivity contribution >= 4 is 28.8 Å². The van der Waals surface area contributed by atoms with Crippen molar-refractivity contribution in [3.8, 4) is 0 Å². The third-order valence-corrected chi connectivity index (χ3v) is 3.69. The minimum Gasteiger partial charge on any atom is -0.392 e. The van der Waals surface area contributed by atoms with Crippen LogP contribution in [0.25, 0.3) is 0 Å². The van der Waals surface area contributed by atoms with E-state index in [4.69, 9.17) is 18.0 Å².